The predicted octanol–water partition coefficient (Wildman–Crippen LogP) is 1.23. The number of rotatable bonds is 1. The van der Waals surface area contributed by atoms with Crippen LogP contribution in [0.5, 0.6) is 0 Å². The SMILES string of the molecule is CS(=O)(=O)c1nc2ccccc2o1. The van der Waals surface area contributed by atoms with Gasteiger partial charge in [-0.15, -0.1) is 0 Å². The Labute approximate surface area is 75.1 Å². The highest BCUT2D eigenvalue weighted by Crippen LogP contribution is 2.17. The fraction of sp³-hybridized carbons (Fsp3) is 0.125. The molecule has 0 unspecified atom stereocenters. The Kier molecular flexibility index (Phi) is 1.63. The molecule has 0 N–H and O–H groups in total. The molecular weight excluding hydrogens is 190 g/mol. The molecule has 2 rings (SSSR count). The van der Waals surface area contributed by atoms with Gasteiger partial charge in [0, 0.05) is 6.26 Å². The van der Waals surface area contributed by atoms with E-state index in [9.17, 15) is 8.42 Å². The zero-order chi connectivity index (χ0) is 9.47. The number of nitrogens with zero attached hydrogens (tertiary/aromatic N) is 1. The van der Waals surface area contributed by atoms with Gasteiger partial charge in [-0.25, -0.2) is 8.42 Å². The van der Waals surface area contributed by atoms with Gasteiger partial charge in [-0.3, -0.25) is 0 Å². The second-order valence-corrected chi connectivity index (χ2v) is 4.61. The van der Waals surface area contributed by atoms with Gasteiger partial charge in [0.2, 0.25) is 9.84 Å². The van der Waals surface area contributed by atoms with Crippen molar-refractivity contribution in [2.45, 2.75) is 5.22 Å². The van der Waals surface area contributed by atoms with Gasteiger partial charge >= 0.3 is 5.22 Å². The van der Waals surface area contributed by atoms with Crippen LogP contribution in [-0.4, -0.2) is 19.7 Å². The summed E-state index contributed by atoms with van der Waals surface area (Å²) >= 11 is 0. The van der Waals surface area contributed by atoms with Crippen LogP contribution in [0.4, 0.5) is 0 Å². The zero-order valence-corrected chi connectivity index (χ0v) is 7.71. The third kappa shape index (κ3) is 1.42. The number of aromatic nitrogens is 1. The molecule has 0 fully saturated rings. The van der Waals surface area contributed by atoms with Crippen LogP contribution in [0.1, 0.15) is 0 Å². The molecule has 0 spiro atoms. The van der Waals surface area contributed by atoms with E-state index < -0.39 is 9.84 Å². The van der Waals surface area contributed by atoms with Crippen molar-refractivity contribution in [3.05, 3.63) is 24.3 Å². The monoisotopic (exact) mass is 197 g/mol. The van der Waals surface area contributed by atoms with Crippen molar-refractivity contribution < 1.29 is 12.8 Å². The van der Waals surface area contributed by atoms with Gasteiger partial charge in [-0.2, -0.15) is 4.98 Å². The van der Waals surface area contributed by atoms with Crippen LogP contribution in [0.2, 0.25) is 0 Å². The summed E-state index contributed by atoms with van der Waals surface area (Å²) in [5.41, 5.74) is 1.05. The minimum Gasteiger partial charge on any atom is -0.428 e. The van der Waals surface area contributed by atoms with E-state index in [0.29, 0.717) is 11.1 Å². The highest BCUT2D eigenvalue weighted by molar-refractivity contribution is 7.90. The normalized spacial score (nSPS) is 12.1. The summed E-state index contributed by atoms with van der Waals surface area (Å²) in [4.78, 5) is 3.83. The number of oxazole rings is 1. The average molecular weight is 197 g/mol. The molecule has 13 heavy (non-hydrogen) atoms. The van der Waals surface area contributed by atoms with E-state index in [-0.39, 0.29) is 5.22 Å². The third-order valence-electron chi connectivity index (χ3n) is 1.59. The number of hydrogen-bond acceptors (Lipinski definition) is 4. The summed E-state index contributed by atoms with van der Waals surface area (Å²) < 4.78 is 27.1. The van der Waals surface area contributed by atoms with Crippen LogP contribution in [0.25, 0.3) is 11.1 Å². The zero-order valence-electron chi connectivity index (χ0n) is 6.89. The number of sulfone groups is 1. The predicted molar refractivity (Wildman–Crippen MR) is 47.1 cm³/mol. The van der Waals surface area contributed by atoms with E-state index in [4.69, 9.17) is 4.42 Å². The Bertz CT molecular complexity index is 508. The van der Waals surface area contributed by atoms with Gasteiger partial charge in [0.1, 0.15) is 5.52 Å². The molecule has 0 radical (unpaired) electrons. The molecule has 1 aromatic carbocycles. The van der Waals surface area contributed by atoms with Crippen molar-refractivity contribution in [1.82, 2.24) is 4.98 Å². The fourth-order valence-corrected chi connectivity index (χ4v) is 1.51. The summed E-state index contributed by atoms with van der Waals surface area (Å²) in [6.07, 6.45) is 1.07. The van der Waals surface area contributed by atoms with Crippen LogP contribution >= 0.6 is 0 Å². The van der Waals surface area contributed by atoms with Crippen LogP contribution in [-0.2, 0) is 9.84 Å². The third-order valence-corrected chi connectivity index (χ3v) is 2.40. The molecule has 0 aliphatic rings. The van der Waals surface area contributed by atoms with Crippen molar-refractivity contribution in [1.29, 1.82) is 0 Å². The maximum absolute atomic E-state index is 11.0. The molecule has 0 aliphatic heterocycles. The van der Waals surface area contributed by atoms with Crippen molar-refractivity contribution in [3.8, 4) is 0 Å². The van der Waals surface area contributed by atoms with E-state index in [2.05, 4.69) is 4.98 Å². The molecule has 4 nitrogen and oxygen atoms in total. The molecule has 68 valence electrons. The molecule has 0 bridgehead atoms. The maximum atomic E-state index is 11.0. The second kappa shape index (κ2) is 2.56. The van der Waals surface area contributed by atoms with E-state index >= 15 is 0 Å². The lowest BCUT2D eigenvalue weighted by atomic mass is 10.3. The standard InChI is InChI=1S/C8H7NO3S/c1-13(10,11)8-9-6-4-2-3-5-7(6)12-8/h2-5H,1H3. The molecule has 0 saturated carbocycles. The number of hydrogen-bond donors (Lipinski definition) is 0. The lowest BCUT2D eigenvalue weighted by Gasteiger charge is -1.85. The number of benzene rings is 1. The fourth-order valence-electron chi connectivity index (χ4n) is 1.01. The summed E-state index contributed by atoms with van der Waals surface area (Å²) in [6, 6.07) is 6.92. The average Bonchev–Trinajstić information content (AvgIpc) is 2.45. The molecule has 5 heteroatoms. The largest absolute Gasteiger partial charge is 0.428 e. The molecule has 0 aliphatic carbocycles. The first-order chi connectivity index (χ1) is 6.07. The maximum Gasteiger partial charge on any atom is 0.315 e. The van der Waals surface area contributed by atoms with Crippen LogP contribution in [0, 0.1) is 0 Å². The van der Waals surface area contributed by atoms with E-state index in [1.165, 1.54) is 0 Å². The molecule has 2 aromatic rings. The lowest BCUT2D eigenvalue weighted by Crippen LogP contribution is -1.96. The van der Waals surface area contributed by atoms with E-state index in [1.54, 1.807) is 24.3 Å². The summed E-state index contributed by atoms with van der Waals surface area (Å²) in [5, 5.41) is -0.228. The molecule has 1 aromatic heterocycles. The smallest absolute Gasteiger partial charge is 0.315 e. The van der Waals surface area contributed by atoms with Crippen molar-refractivity contribution in [2.24, 2.45) is 0 Å². The Hall–Kier alpha value is -1.36. The van der Waals surface area contributed by atoms with Crippen LogP contribution in [0.15, 0.2) is 33.9 Å². The van der Waals surface area contributed by atoms with Gasteiger partial charge in [-0.1, -0.05) is 12.1 Å². The number of fused-ring (bicyclic) bond motifs is 1. The van der Waals surface area contributed by atoms with Crippen molar-refractivity contribution >= 4 is 20.9 Å². The molecule has 0 atom stereocenters. The minimum atomic E-state index is -3.34. The molecular formula is C8H7NO3S. The van der Waals surface area contributed by atoms with E-state index in [1.807, 2.05) is 0 Å². The lowest BCUT2D eigenvalue weighted by molar-refractivity contribution is 0.461. The van der Waals surface area contributed by atoms with Crippen molar-refractivity contribution in [2.75, 3.05) is 6.26 Å². The first-order valence-electron chi connectivity index (χ1n) is 3.63. The first-order valence-corrected chi connectivity index (χ1v) is 5.52. The quantitative estimate of drug-likeness (QED) is 0.689. The number of para-hydroxylation sites is 2. The highest BCUT2D eigenvalue weighted by Gasteiger charge is 2.14. The molecule has 0 amide bonds. The summed E-state index contributed by atoms with van der Waals surface area (Å²) in [7, 11) is -3.34. The summed E-state index contributed by atoms with van der Waals surface area (Å²) in [5.74, 6) is 0. The van der Waals surface area contributed by atoms with Crippen LogP contribution < -0.4 is 0 Å². The van der Waals surface area contributed by atoms with Crippen LogP contribution in [0.3, 0.4) is 0 Å². The molecule has 1 heterocycles. The van der Waals surface area contributed by atoms with Gasteiger partial charge < -0.3 is 4.42 Å². The van der Waals surface area contributed by atoms with E-state index in [0.717, 1.165) is 6.26 Å². The Morgan fingerprint density at radius 2 is 2.00 bits per heavy atom. The van der Waals surface area contributed by atoms with Gasteiger partial charge in [0.15, 0.2) is 5.58 Å². The molecule has 0 saturated heterocycles. The van der Waals surface area contributed by atoms with Crippen molar-refractivity contribution in [3.63, 3.8) is 0 Å². The van der Waals surface area contributed by atoms with Gasteiger partial charge in [-0.05, 0) is 12.1 Å². The topological polar surface area (TPSA) is 60.2 Å². The minimum absolute atomic E-state index is 0.228. The van der Waals surface area contributed by atoms with Gasteiger partial charge in [0.25, 0.3) is 0 Å². The van der Waals surface area contributed by atoms with Gasteiger partial charge in [0.05, 0.1) is 0 Å². The Morgan fingerprint density at radius 1 is 1.31 bits per heavy atom. The highest BCUT2D eigenvalue weighted by atomic mass is 32.2. The Balaban J connectivity index is 2.77. The first kappa shape index (κ1) is 8.25. The second-order valence-electron chi connectivity index (χ2n) is 2.72. The Morgan fingerprint density at radius 3 is 2.62 bits per heavy atom. The summed E-state index contributed by atoms with van der Waals surface area (Å²) in [6.45, 7) is 0.